The van der Waals surface area contributed by atoms with Gasteiger partial charge in [-0.15, -0.1) is 0 Å². The monoisotopic (exact) mass is 271 g/mol. The van der Waals surface area contributed by atoms with Crippen LogP contribution in [0.5, 0.6) is 0 Å². The van der Waals surface area contributed by atoms with Gasteiger partial charge in [-0.25, -0.2) is 0 Å². The molecule has 1 atom stereocenters. The van der Waals surface area contributed by atoms with Crippen molar-refractivity contribution < 1.29 is 0 Å². The molecular weight excluding hydrogens is 250 g/mol. The quantitative estimate of drug-likeness (QED) is 0.815. The van der Waals surface area contributed by atoms with E-state index < -0.39 is 0 Å². The first-order chi connectivity index (χ1) is 9.25. The molecule has 0 aliphatic carbocycles. The average molecular weight is 271 g/mol. The fourth-order valence-corrected chi connectivity index (χ4v) is 2.87. The molecule has 0 saturated carbocycles. The van der Waals surface area contributed by atoms with Crippen LogP contribution in [0.2, 0.25) is 0 Å². The predicted octanol–water partition coefficient (Wildman–Crippen LogP) is 4.73. The van der Waals surface area contributed by atoms with Crippen molar-refractivity contribution in [2.45, 2.75) is 24.9 Å². The molecule has 0 heterocycles. The van der Waals surface area contributed by atoms with Crippen molar-refractivity contribution in [1.29, 1.82) is 0 Å². The first-order valence-electron chi connectivity index (χ1n) is 6.71. The Morgan fingerprint density at radius 1 is 1.00 bits per heavy atom. The zero-order chi connectivity index (χ0) is 13.5. The summed E-state index contributed by atoms with van der Waals surface area (Å²) in [5, 5.41) is 4.07. The molecule has 100 valence electrons. The molecule has 0 radical (unpaired) electrons. The van der Waals surface area contributed by atoms with Crippen molar-refractivity contribution >= 4 is 17.4 Å². The van der Waals surface area contributed by atoms with E-state index in [0.29, 0.717) is 5.25 Å². The van der Waals surface area contributed by atoms with Crippen LogP contribution < -0.4 is 5.32 Å². The molecule has 2 aromatic rings. The second-order valence-electron chi connectivity index (χ2n) is 4.80. The zero-order valence-electron chi connectivity index (χ0n) is 11.6. The molecule has 0 bridgehead atoms. The van der Waals surface area contributed by atoms with Gasteiger partial charge in [0.25, 0.3) is 0 Å². The van der Waals surface area contributed by atoms with Crippen molar-refractivity contribution in [1.82, 2.24) is 0 Å². The Kier molecular flexibility index (Phi) is 5.34. The predicted molar refractivity (Wildman–Crippen MR) is 86.9 cm³/mol. The van der Waals surface area contributed by atoms with Gasteiger partial charge in [-0.3, -0.25) is 0 Å². The second kappa shape index (κ2) is 7.25. The Morgan fingerprint density at radius 2 is 1.68 bits per heavy atom. The van der Waals surface area contributed by atoms with E-state index in [1.165, 1.54) is 16.8 Å². The van der Waals surface area contributed by atoms with E-state index in [2.05, 4.69) is 67.7 Å². The Balaban J connectivity index is 1.76. The molecule has 0 saturated heterocycles. The van der Waals surface area contributed by atoms with Gasteiger partial charge in [-0.1, -0.05) is 49.4 Å². The van der Waals surface area contributed by atoms with E-state index in [1.807, 2.05) is 17.8 Å². The highest BCUT2D eigenvalue weighted by Crippen LogP contribution is 2.20. The number of para-hydroxylation sites is 1. The Labute approximate surface area is 120 Å². The van der Waals surface area contributed by atoms with Gasteiger partial charge in [0, 0.05) is 23.2 Å². The number of hydrogen-bond donors (Lipinski definition) is 1. The summed E-state index contributed by atoms with van der Waals surface area (Å²) in [5.41, 5.74) is 4.03. The lowest BCUT2D eigenvalue weighted by Gasteiger charge is -2.14. The highest BCUT2D eigenvalue weighted by atomic mass is 32.2. The van der Waals surface area contributed by atoms with Crippen molar-refractivity contribution in [2.24, 2.45) is 0 Å². The van der Waals surface area contributed by atoms with Crippen LogP contribution in [0.25, 0.3) is 0 Å². The Hall–Kier alpha value is -1.41. The van der Waals surface area contributed by atoms with Gasteiger partial charge < -0.3 is 5.32 Å². The highest BCUT2D eigenvalue weighted by molar-refractivity contribution is 7.99. The zero-order valence-corrected chi connectivity index (χ0v) is 12.4. The van der Waals surface area contributed by atoms with Crippen LogP contribution in [0, 0.1) is 6.92 Å². The van der Waals surface area contributed by atoms with Crippen LogP contribution in [-0.4, -0.2) is 11.8 Å². The lowest BCUT2D eigenvalue weighted by atomic mass is 10.1. The molecule has 0 amide bonds. The minimum atomic E-state index is 0.597. The molecule has 1 unspecified atom stereocenters. The number of nitrogens with one attached hydrogen (secondary N) is 1. The van der Waals surface area contributed by atoms with Crippen LogP contribution in [0.4, 0.5) is 5.69 Å². The number of hydrogen-bond acceptors (Lipinski definition) is 2. The van der Waals surface area contributed by atoms with Gasteiger partial charge in [0.05, 0.1) is 0 Å². The summed E-state index contributed by atoms with van der Waals surface area (Å²) in [5.74, 6) is 1.09. The molecular formula is C17H21NS. The smallest absolute Gasteiger partial charge is 0.0340 e. The number of anilines is 1. The minimum Gasteiger partial charge on any atom is -0.384 e. The first-order valence-corrected chi connectivity index (χ1v) is 7.75. The van der Waals surface area contributed by atoms with Crippen molar-refractivity contribution in [3.63, 3.8) is 0 Å². The average Bonchev–Trinajstić information content (AvgIpc) is 2.45. The summed E-state index contributed by atoms with van der Waals surface area (Å²) in [6.07, 6.45) is 0. The SMILES string of the molecule is Cc1ccccc1CSC(C)CNc1ccccc1. The lowest BCUT2D eigenvalue weighted by Crippen LogP contribution is -2.13. The summed E-state index contributed by atoms with van der Waals surface area (Å²) in [6, 6.07) is 19.0. The number of thioether (sulfide) groups is 1. The second-order valence-corrected chi connectivity index (χ2v) is 6.22. The molecule has 2 heteroatoms. The van der Waals surface area contributed by atoms with Crippen molar-refractivity contribution in [3.8, 4) is 0 Å². The van der Waals surface area contributed by atoms with Crippen LogP contribution in [-0.2, 0) is 5.75 Å². The molecule has 2 aromatic carbocycles. The third kappa shape index (κ3) is 4.64. The van der Waals surface area contributed by atoms with Gasteiger partial charge in [0.1, 0.15) is 0 Å². The third-order valence-electron chi connectivity index (χ3n) is 3.15. The van der Waals surface area contributed by atoms with Crippen LogP contribution in [0.15, 0.2) is 54.6 Å². The summed E-state index contributed by atoms with van der Waals surface area (Å²) in [7, 11) is 0. The molecule has 0 aromatic heterocycles. The molecule has 19 heavy (non-hydrogen) atoms. The fraction of sp³-hybridized carbons (Fsp3) is 0.294. The fourth-order valence-electron chi connectivity index (χ4n) is 1.88. The summed E-state index contributed by atoms with van der Waals surface area (Å²) in [6.45, 7) is 5.46. The van der Waals surface area contributed by atoms with E-state index in [0.717, 1.165) is 12.3 Å². The number of aryl methyl sites for hydroxylation is 1. The van der Waals surface area contributed by atoms with Crippen LogP contribution in [0.1, 0.15) is 18.1 Å². The third-order valence-corrected chi connectivity index (χ3v) is 4.37. The topological polar surface area (TPSA) is 12.0 Å². The number of rotatable bonds is 6. The largest absolute Gasteiger partial charge is 0.384 e. The summed E-state index contributed by atoms with van der Waals surface area (Å²) < 4.78 is 0. The summed E-state index contributed by atoms with van der Waals surface area (Å²) >= 11 is 2.00. The van der Waals surface area contributed by atoms with E-state index in [1.54, 1.807) is 0 Å². The maximum atomic E-state index is 3.47. The molecule has 0 aliphatic heterocycles. The van der Waals surface area contributed by atoms with Crippen LogP contribution in [0.3, 0.4) is 0 Å². The molecule has 1 N–H and O–H groups in total. The Bertz CT molecular complexity index is 496. The standard InChI is InChI=1S/C17H21NS/c1-14-8-6-7-9-16(14)13-19-15(2)12-18-17-10-4-3-5-11-17/h3-11,15,18H,12-13H2,1-2H3. The molecule has 0 spiro atoms. The number of benzene rings is 2. The van der Waals surface area contributed by atoms with E-state index in [4.69, 9.17) is 0 Å². The van der Waals surface area contributed by atoms with Gasteiger partial charge in [0.2, 0.25) is 0 Å². The van der Waals surface area contributed by atoms with Gasteiger partial charge in [0.15, 0.2) is 0 Å². The molecule has 0 fully saturated rings. The van der Waals surface area contributed by atoms with E-state index in [9.17, 15) is 0 Å². The molecule has 2 rings (SSSR count). The highest BCUT2D eigenvalue weighted by Gasteiger charge is 2.04. The maximum absolute atomic E-state index is 3.47. The van der Waals surface area contributed by atoms with Gasteiger partial charge in [-0.05, 0) is 30.2 Å². The maximum Gasteiger partial charge on any atom is 0.0340 e. The van der Waals surface area contributed by atoms with Crippen molar-refractivity contribution in [2.75, 3.05) is 11.9 Å². The molecule has 0 aliphatic rings. The van der Waals surface area contributed by atoms with Crippen molar-refractivity contribution in [3.05, 3.63) is 65.7 Å². The normalized spacial score (nSPS) is 12.1. The minimum absolute atomic E-state index is 0.597. The van der Waals surface area contributed by atoms with Gasteiger partial charge in [-0.2, -0.15) is 11.8 Å². The summed E-state index contributed by atoms with van der Waals surface area (Å²) in [4.78, 5) is 0. The first kappa shape index (κ1) is 14.0. The van der Waals surface area contributed by atoms with E-state index >= 15 is 0 Å². The van der Waals surface area contributed by atoms with Crippen LogP contribution >= 0.6 is 11.8 Å². The Morgan fingerprint density at radius 3 is 2.42 bits per heavy atom. The lowest BCUT2D eigenvalue weighted by molar-refractivity contribution is 0.998. The van der Waals surface area contributed by atoms with E-state index in [-0.39, 0.29) is 0 Å². The molecule has 1 nitrogen and oxygen atoms in total. The van der Waals surface area contributed by atoms with Gasteiger partial charge >= 0.3 is 0 Å².